The van der Waals surface area contributed by atoms with Gasteiger partial charge in [0.05, 0.1) is 0 Å². The average Bonchev–Trinajstić information content (AvgIpc) is 2.26. The second kappa shape index (κ2) is 7.29. The highest BCUT2D eigenvalue weighted by Crippen LogP contribution is 2.17. The number of hydrogen-bond acceptors (Lipinski definition) is 2. The van der Waals surface area contributed by atoms with E-state index in [4.69, 9.17) is 0 Å². The minimum absolute atomic E-state index is 0.750. The topological polar surface area (TPSA) is 15.3 Å². The molecule has 0 aromatic rings. The van der Waals surface area contributed by atoms with E-state index in [9.17, 15) is 0 Å². The van der Waals surface area contributed by atoms with Crippen LogP contribution in [0.15, 0.2) is 0 Å². The van der Waals surface area contributed by atoms with Crippen molar-refractivity contribution in [3.8, 4) is 0 Å². The summed E-state index contributed by atoms with van der Waals surface area (Å²) in [5, 5.41) is 3.45. The van der Waals surface area contributed by atoms with Gasteiger partial charge in [0.2, 0.25) is 0 Å². The number of nitrogens with one attached hydrogen (secondary N) is 1. The molecule has 0 bridgehead atoms. The van der Waals surface area contributed by atoms with Gasteiger partial charge in [-0.15, -0.1) is 0 Å². The Kier molecular flexibility index (Phi) is 6.37. The summed E-state index contributed by atoms with van der Waals surface area (Å²) in [6.07, 6.45) is 4.06. The summed E-state index contributed by atoms with van der Waals surface area (Å²) >= 11 is 0. The summed E-state index contributed by atoms with van der Waals surface area (Å²) < 4.78 is 0. The molecule has 1 N–H and O–H groups in total. The maximum Gasteiger partial charge on any atom is 0.00693 e. The third-order valence-electron chi connectivity index (χ3n) is 3.79. The predicted octanol–water partition coefficient (Wildman–Crippen LogP) is 2.74. The minimum Gasteiger partial charge on any atom is -0.317 e. The van der Waals surface area contributed by atoms with E-state index in [1.165, 1.54) is 45.4 Å². The summed E-state index contributed by atoms with van der Waals surface area (Å²) in [5.41, 5.74) is 0. The molecule has 0 aromatic carbocycles. The third-order valence-corrected chi connectivity index (χ3v) is 3.79. The Bertz CT molecular complexity index is 174. The van der Waals surface area contributed by atoms with Gasteiger partial charge in [0, 0.05) is 12.6 Å². The highest BCUT2D eigenvalue weighted by atomic mass is 15.1. The third kappa shape index (κ3) is 4.84. The van der Waals surface area contributed by atoms with Crippen LogP contribution in [0.1, 0.15) is 47.0 Å². The first kappa shape index (κ1) is 14.0. The Morgan fingerprint density at radius 1 is 1.19 bits per heavy atom. The highest BCUT2D eigenvalue weighted by Gasteiger charge is 2.19. The second-order valence-electron chi connectivity index (χ2n) is 5.76. The zero-order valence-corrected chi connectivity index (χ0v) is 11.6. The lowest BCUT2D eigenvalue weighted by Crippen LogP contribution is -2.40. The number of rotatable bonds is 6. The summed E-state index contributed by atoms with van der Waals surface area (Å²) in [4.78, 5) is 2.68. The van der Waals surface area contributed by atoms with Crippen LogP contribution in [0.3, 0.4) is 0 Å². The van der Waals surface area contributed by atoms with Crippen LogP contribution in [-0.4, -0.2) is 37.1 Å². The molecule has 1 rings (SSSR count). The van der Waals surface area contributed by atoms with E-state index < -0.39 is 0 Å². The Hall–Kier alpha value is -0.0800. The van der Waals surface area contributed by atoms with Crippen molar-refractivity contribution in [3.63, 3.8) is 0 Å². The zero-order valence-electron chi connectivity index (χ0n) is 11.6. The molecule has 0 aromatic heterocycles. The molecule has 0 spiro atoms. The van der Waals surface area contributed by atoms with Crippen molar-refractivity contribution in [2.24, 2.45) is 11.8 Å². The first-order chi connectivity index (χ1) is 7.63. The van der Waals surface area contributed by atoms with Crippen LogP contribution in [0.5, 0.6) is 0 Å². The normalized spacial score (nSPS) is 20.6. The average molecular weight is 226 g/mol. The Labute approximate surface area is 102 Å². The van der Waals surface area contributed by atoms with Gasteiger partial charge < -0.3 is 10.2 Å². The number of nitrogens with zero attached hydrogens (tertiary/aromatic N) is 1. The second-order valence-corrected chi connectivity index (χ2v) is 5.76. The molecule has 1 saturated heterocycles. The molecule has 0 aliphatic carbocycles. The predicted molar refractivity (Wildman–Crippen MR) is 71.8 cm³/mol. The first-order valence-corrected chi connectivity index (χ1v) is 7.08. The lowest BCUT2D eigenvalue weighted by atomic mass is 9.96. The van der Waals surface area contributed by atoms with E-state index in [-0.39, 0.29) is 0 Å². The van der Waals surface area contributed by atoms with Crippen LogP contribution >= 0.6 is 0 Å². The van der Waals surface area contributed by atoms with Crippen LogP contribution in [0.4, 0.5) is 0 Å². The molecule has 1 heterocycles. The van der Waals surface area contributed by atoms with Gasteiger partial charge in [-0.25, -0.2) is 0 Å². The van der Waals surface area contributed by atoms with Crippen molar-refractivity contribution in [1.29, 1.82) is 0 Å². The van der Waals surface area contributed by atoms with Crippen LogP contribution in [-0.2, 0) is 0 Å². The number of hydrogen-bond donors (Lipinski definition) is 1. The largest absolute Gasteiger partial charge is 0.317 e. The standard InChI is InChI=1S/C14H30N2/c1-5-16(13(4)10-12(2)3)11-14-6-8-15-9-7-14/h12-15H,5-11H2,1-4H3. The van der Waals surface area contributed by atoms with Gasteiger partial charge in [0.25, 0.3) is 0 Å². The molecule has 1 aliphatic rings. The minimum atomic E-state index is 0.750. The van der Waals surface area contributed by atoms with E-state index in [2.05, 4.69) is 37.9 Å². The fraction of sp³-hybridized carbons (Fsp3) is 1.00. The fourth-order valence-corrected chi connectivity index (χ4v) is 2.85. The maximum atomic E-state index is 3.45. The van der Waals surface area contributed by atoms with Gasteiger partial charge in [-0.2, -0.15) is 0 Å². The van der Waals surface area contributed by atoms with E-state index in [1.807, 2.05) is 0 Å². The molecule has 0 amide bonds. The van der Waals surface area contributed by atoms with Crippen molar-refractivity contribution in [1.82, 2.24) is 10.2 Å². The van der Waals surface area contributed by atoms with Crippen molar-refractivity contribution in [3.05, 3.63) is 0 Å². The molecule has 1 fully saturated rings. The van der Waals surface area contributed by atoms with Crippen molar-refractivity contribution in [2.75, 3.05) is 26.2 Å². The zero-order chi connectivity index (χ0) is 12.0. The van der Waals surface area contributed by atoms with Gasteiger partial charge in [-0.1, -0.05) is 20.8 Å². The first-order valence-electron chi connectivity index (χ1n) is 7.08. The van der Waals surface area contributed by atoms with Crippen molar-refractivity contribution >= 4 is 0 Å². The van der Waals surface area contributed by atoms with E-state index in [0.29, 0.717) is 0 Å². The Morgan fingerprint density at radius 2 is 1.81 bits per heavy atom. The fourth-order valence-electron chi connectivity index (χ4n) is 2.85. The number of piperidine rings is 1. The lowest BCUT2D eigenvalue weighted by molar-refractivity contribution is 0.152. The molecule has 1 unspecified atom stereocenters. The molecule has 2 heteroatoms. The molecule has 1 aliphatic heterocycles. The van der Waals surface area contributed by atoms with Gasteiger partial charge >= 0.3 is 0 Å². The summed E-state index contributed by atoms with van der Waals surface area (Å²) in [6.45, 7) is 14.3. The van der Waals surface area contributed by atoms with Gasteiger partial charge in [0.1, 0.15) is 0 Å². The molecular weight excluding hydrogens is 196 g/mol. The maximum absolute atomic E-state index is 3.45. The molecule has 96 valence electrons. The Balaban J connectivity index is 2.34. The summed E-state index contributed by atoms with van der Waals surface area (Å²) in [7, 11) is 0. The van der Waals surface area contributed by atoms with E-state index in [0.717, 1.165) is 17.9 Å². The SMILES string of the molecule is CCN(CC1CCNCC1)C(C)CC(C)C. The lowest BCUT2D eigenvalue weighted by Gasteiger charge is -2.34. The summed E-state index contributed by atoms with van der Waals surface area (Å²) in [6, 6.07) is 0.750. The quantitative estimate of drug-likeness (QED) is 0.749. The highest BCUT2D eigenvalue weighted by molar-refractivity contribution is 4.75. The molecule has 16 heavy (non-hydrogen) atoms. The molecular formula is C14H30N2. The van der Waals surface area contributed by atoms with Gasteiger partial charge in [-0.05, 0) is 57.7 Å². The molecule has 1 atom stereocenters. The van der Waals surface area contributed by atoms with Crippen molar-refractivity contribution in [2.45, 2.75) is 53.0 Å². The van der Waals surface area contributed by atoms with Crippen LogP contribution in [0.2, 0.25) is 0 Å². The van der Waals surface area contributed by atoms with Crippen LogP contribution in [0.25, 0.3) is 0 Å². The smallest absolute Gasteiger partial charge is 0.00693 e. The van der Waals surface area contributed by atoms with Gasteiger partial charge in [-0.3, -0.25) is 0 Å². The van der Waals surface area contributed by atoms with E-state index >= 15 is 0 Å². The summed E-state index contributed by atoms with van der Waals surface area (Å²) in [5.74, 6) is 1.74. The van der Waals surface area contributed by atoms with Crippen molar-refractivity contribution < 1.29 is 0 Å². The molecule has 0 saturated carbocycles. The monoisotopic (exact) mass is 226 g/mol. The van der Waals surface area contributed by atoms with Crippen LogP contribution < -0.4 is 5.32 Å². The van der Waals surface area contributed by atoms with E-state index in [1.54, 1.807) is 0 Å². The van der Waals surface area contributed by atoms with Gasteiger partial charge in [0.15, 0.2) is 0 Å². The molecule has 2 nitrogen and oxygen atoms in total. The van der Waals surface area contributed by atoms with Crippen LogP contribution in [0, 0.1) is 11.8 Å². The Morgan fingerprint density at radius 3 is 2.31 bits per heavy atom. The molecule has 0 radical (unpaired) electrons.